The summed E-state index contributed by atoms with van der Waals surface area (Å²) in [6.07, 6.45) is 3.95. The Bertz CT molecular complexity index is 1910. The largest absolute Gasteiger partial charge is 1.00 e. The van der Waals surface area contributed by atoms with Crippen molar-refractivity contribution in [2.24, 2.45) is 5.41 Å². The van der Waals surface area contributed by atoms with Gasteiger partial charge >= 0.3 is 17.9 Å². The standard InChI is InChI=1S/C21H20O.C18H28NO5.C5H10O3.ClH/c1-22-14-3-2-5-15-8-9-18-11-10-16-6-4-7-17-12-13-19(15)21(18)20(16)17;1-14(21)24-13-18(2,12-20)17(22)23-11-16-8-6-15(7-9-16)10-19(3,4)5;1-5(7)8-4-2-3-6;/h4,6-13H,2-3,5,14H2,1H3;6-9,20H,10-13H2,1-5H3;6H,2-4H2,1H3;1H/q;+1;;/p-1. The van der Waals surface area contributed by atoms with Gasteiger partial charge in [0.25, 0.3) is 0 Å². The average molecular weight is 780 g/mol. The molecule has 1 unspecified atom stereocenters. The van der Waals surface area contributed by atoms with Crippen molar-refractivity contribution in [3.8, 4) is 0 Å². The lowest BCUT2D eigenvalue weighted by Crippen LogP contribution is -3.00. The van der Waals surface area contributed by atoms with Crippen molar-refractivity contribution in [2.75, 3.05) is 61.3 Å². The molecule has 0 amide bonds. The van der Waals surface area contributed by atoms with E-state index in [0.717, 1.165) is 36.0 Å². The molecule has 0 heterocycles. The third-order valence-corrected chi connectivity index (χ3v) is 8.76. The number of esters is 3. The second kappa shape index (κ2) is 22.9. The maximum atomic E-state index is 12.2. The van der Waals surface area contributed by atoms with Crippen LogP contribution in [0.15, 0.2) is 78.9 Å². The molecule has 5 aromatic carbocycles. The molecule has 0 spiro atoms. The van der Waals surface area contributed by atoms with Crippen molar-refractivity contribution >= 4 is 50.2 Å². The van der Waals surface area contributed by atoms with Gasteiger partial charge in [-0.25, -0.2) is 0 Å². The molecule has 300 valence electrons. The summed E-state index contributed by atoms with van der Waals surface area (Å²) in [7, 11) is 8.13. The van der Waals surface area contributed by atoms with Crippen LogP contribution < -0.4 is 12.4 Å². The highest BCUT2D eigenvalue weighted by atomic mass is 35.5. The quantitative estimate of drug-likeness (QED) is 0.0503. The van der Waals surface area contributed by atoms with E-state index in [0.29, 0.717) is 13.0 Å². The molecule has 5 rings (SSSR count). The van der Waals surface area contributed by atoms with E-state index in [1.807, 2.05) is 24.3 Å². The minimum absolute atomic E-state index is 0. The van der Waals surface area contributed by atoms with Crippen LogP contribution in [0.3, 0.4) is 0 Å². The minimum Gasteiger partial charge on any atom is -1.00 e. The van der Waals surface area contributed by atoms with Gasteiger partial charge in [-0.2, -0.15) is 0 Å². The number of hydrogen-bond donors (Lipinski definition) is 2. The van der Waals surface area contributed by atoms with E-state index >= 15 is 0 Å². The summed E-state index contributed by atoms with van der Waals surface area (Å²) in [6, 6.07) is 28.1. The molecule has 10 nitrogen and oxygen atoms in total. The van der Waals surface area contributed by atoms with E-state index in [4.69, 9.17) is 19.3 Å². The number of rotatable bonds is 16. The average Bonchev–Trinajstić information content (AvgIpc) is 3.14. The van der Waals surface area contributed by atoms with Gasteiger partial charge in [0.2, 0.25) is 0 Å². The van der Waals surface area contributed by atoms with Crippen LogP contribution in [-0.4, -0.2) is 93.9 Å². The summed E-state index contributed by atoms with van der Waals surface area (Å²) >= 11 is 0. The number of aliphatic hydroxyl groups is 2. The van der Waals surface area contributed by atoms with E-state index in [9.17, 15) is 19.5 Å². The number of unbranched alkanes of at least 4 members (excludes halogenated alkanes) is 1. The molecular weight excluding hydrogens is 722 g/mol. The lowest BCUT2D eigenvalue weighted by molar-refractivity contribution is -0.884. The molecule has 55 heavy (non-hydrogen) atoms. The maximum Gasteiger partial charge on any atom is 0.317 e. The summed E-state index contributed by atoms with van der Waals surface area (Å²) in [5, 5.41) is 25.9. The molecule has 0 saturated heterocycles. The molecule has 0 bridgehead atoms. The van der Waals surface area contributed by atoms with Crippen LogP contribution in [0, 0.1) is 5.41 Å². The normalized spacial score (nSPS) is 12.1. The van der Waals surface area contributed by atoms with Crippen molar-refractivity contribution in [1.29, 1.82) is 0 Å². The lowest BCUT2D eigenvalue weighted by Gasteiger charge is -2.24. The molecule has 1 atom stereocenters. The SMILES string of the molecule is CC(=O)OCC(C)(CO)C(=O)OCc1ccc(C[N+](C)(C)C)cc1.CC(=O)OCCCO.COCCCCc1ccc2ccc3cccc4ccc1c2c34.[Cl-]. The summed E-state index contributed by atoms with van der Waals surface area (Å²) in [5.41, 5.74) is 2.27. The van der Waals surface area contributed by atoms with Gasteiger partial charge in [-0.15, -0.1) is 0 Å². The molecule has 0 aliphatic heterocycles. The van der Waals surface area contributed by atoms with Crippen molar-refractivity contribution < 1.29 is 60.4 Å². The number of benzene rings is 5. The molecular formula is C44H58ClNO9. The first-order chi connectivity index (χ1) is 25.7. The molecule has 11 heteroatoms. The van der Waals surface area contributed by atoms with Gasteiger partial charge in [0.05, 0.1) is 34.4 Å². The summed E-state index contributed by atoms with van der Waals surface area (Å²) in [5.74, 6) is -1.39. The maximum absolute atomic E-state index is 12.2. The highest BCUT2D eigenvalue weighted by Crippen LogP contribution is 2.36. The summed E-state index contributed by atoms with van der Waals surface area (Å²) in [6.45, 7) is 5.71. The predicted octanol–water partition coefficient (Wildman–Crippen LogP) is 3.99. The zero-order valence-corrected chi connectivity index (χ0v) is 34.1. The molecule has 0 saturated carbocycles. The Morgan fingerprint density at radius 3 is 1.84 bits per heavy atom. The van der Waals surface area contributed by atoms with Crippen LogP contribution in [0.2, 0.25) is 0 Å². The number of methoxy groups -OCH3 is 1. The molecule has 5 aromatic rings. The Kier molecular flexibility index (Phi) is 19.5. The number of ether oxygens (including phenoxy) is 4. The number of aryl methyl sites for hydroxylation is 1. The van der Waals surface area contributed by atoms with Crippen LogP contribution in [0.25, 0.3) is 32.3 Å². The summed E-state index contributed by atoms with van der Waals surface area (Å²) in [4.78, 5) is 33.1. The molecule has 0 radical (unpaired) electrons. The van der Waals surface area contributed by atoms with Gasteiger partial charge in [-0.05, 0) is 69.6 Å². The first kappa shape index (κ1) is 46.8. The highest BCUT2D eigenvalue weighted by molar-refractivity contribution is 6.23. The smallest absolute Gasteiger partial charge is 0.317 e. The van der Waals surface area contributed by atoms with Crippen molar-refractivity contribution in [3.05, 3.63) is 95.6 Å². The van der Waals surface area contributed by atoms with Crippen LogP contribution in [0.4, 0.5) is 0 Å². The third-order valence-electron chi connectivity index (χ3n) is 8.76. The van der Waals surface area contributed by atoms with E-state index in [1.54, 1.807) is 7.11 Å². The fourth-order valence-electron chi connectivity index (χ4n) is 5.90. The molecule has 0 aliphatic rings. The number of aliphatic hydroxyl groups excluding tert-OH is 2. The first-order valence-electron chi connectivity index (χ1n) is 18.4. The van der Waals surface area contributed by atoms with Crippen LogP contribution in [0.5, 0.6) is 0 Å². The topological polar surface area (TPSA) is 129 Å². The Morgan fingerprint density at radius 1 is 0.691 bits per heavy atom. The van der Waals surface area contributed by atoms with Crippen LogP contribution in [-0.2, 0) is 52.9 Å². The van der Waals surface area contributed by atoms with Gasteiger partial charge < -0.3 is 46.1 Å². The van der Waals surface area contributed by atoms with Crippen molar-refractivity contribution in [3.63, 3.8) is 0 Å². The van der Waals surface area contributed by atoms with Gasteiger partial charge in [0.15, 0.2) is 0 Å². The lowest BCUT2D eigenvalue weighted by atomic mass is 9.91. The molecule has 0 fully saturated rings. The number of hydrogen-bond acceptors (Lipinski definition) is 9. The second-order valence-electron chi connectivity index (χ2n) is 14.8. The van der Waals surface area contributed by atoms with Gasteiger partial charge in [0, 0.05) is 46.2 Å². The van der Waals surface area contributed by atoms with Crippen LogP contribution in [0.1, 0.15) is 56.7 Å². The Labute approximate surface area is 331 Å². The molecule has 2 N–H and O–H groups in total. The number of nitrogens with zero attached hydrogens (tertiary/aromatic N) is 1. The van der Waals surface area contributed by atoms with Crippen molar-refractivity contribution in [1.82, 2.24) is 0 Å². The van der Waals surface area contributed by atoms with E-state index in [-0.39, 0.29) is 38.2 Å². The second-order valence-corrected chi connectivity index (χ2v) is 14.8. The summed E-state index contributed by atoms with van der Waals surface area (Å²) < 4.78 is 20.6. The van der Waals surface area contributed by atoms with E-state index < -0.39 is 24.0 Å². The number of halogens is 1. The van der Waals surface area contributed by atoms with E-state index in [1.165, 1.54) is 70.6 Å². The fraction of sp³-hybridized carbons (Fsp3) is 0.432. The zero-order valence-electron chi connectivity index (χ0n) is 33.4. The van der Waals surface area contributed by atoms with Gasteiger partial charge in [0.1, 0.15) is 25.2 Å². The van der Waals surface area contributed by atoms with Crippen LogP contribution >= 0.6 is 0 Å². The van der Waals surface area contributed by atoms with Gasteiger partial charge in [-0.3, -0.25) is 14.4 Å². The third kappa shape index (κ3) is 15.0. The fourth-order valence-corrected chi connectivity index (χ4v) is 5.90. The number of quaternary nitrogens is 1. The Balaban J connectivity index is 0.000000314. The number of carbonyl (C=O) groups excluding carboxylic acids is 3. The zero-order chi connectivity index (χ0) is 39.7. The predicted molar refractivity (Wildman–Crippen MR) is 213 cm³/mol. The highest BCUT2D eigenvalue weighted by Gasteiger charge is 2.36. The van der Waals surface area contributed by atoms with Gasteiger partial charge in [-0.1, -0.05) is 78.9 Å². The molecule has 0 aromatic heterocycles. The Hall–Kier alpha value is -4.32. The Morgan fingerprint density at radius 2 is 1.27 bits per heavy atom. The minimum atomic E-state index is -1.25. The first-order valence-corrected chi connectivity index (χ1v) is 18.4. The van der Waals surface area contributed by atoms with Crippen molar-refractivity contribution in [2.45, 2.75) is 59.6 Å². The van der Waals surface area contributed by atoms with E-state index in [2.05, 4.69) is 80.5 Å². The molecule has 0 aliphatic carbocycles. The monoisotopic (exact) mass is 779 g/mol. The number of carbonyl (C=O) groups is 3.